The van der Waals surface area contributed by atoms with Crippen molar-refractivity contribution < 1.29 is 40.1 Å². The lowest BCUT2D eigenvalue weighted by molar-refractivity contribution is 0.673. The monoisotopic (exact) mass is 696 g/mol. The summed E-state index contributed by atoms with van der Waals surface area (Å²) in [5.74, 6) is -2.44. The van der Waals surface area contributed by atoms with E-state index in [1.54, 1.807) is 0 Å². The van der Waals surface area contributed by atoms with Gasteiger partial charge in [-0.05, 0) is 47.4 Å². The molecule has 5 nitrogen and oxygen atoms in total. The first-order chi connectivity index (χ1) is 36.1. The molecule has 0 aliphatic carbocycles. The van der Waals surface area contributed by atoms with Crippen molar-refractivity contribution in [3.05, 3.63) is 157 Å². The number of hydrogen-bond donors (Lipinski definition) is 0. The summed E-state index contributed by atoms with van der Waals surface area (Å²) in [6, 6.07) is -20.8. The van der Waals surface area contributed by atoms with Crippen LogP contribution in [0.4, 0.5) is 0 Å². The van der Waals surface area contributed by atoms with Crippen molar-refractivity contribution in [3.8, 4) is 39.9 Å². The highest BCUT2D eigenvalue weighted by Crippen LogP contribution is 2.42. The Labute approximate surface area is 332 Å². The van der Waals surface area contributed by atoms with Gasteiger partial charge in [0.1, 0.15) is 11.2 Å². The number of thiophene rings is 1. The molecular formula is C45H26N4OS. The number of aromatic nitrogens is 4. The predicted molar refractivity (Wildman–Crippen MR) is 211 cm³/mol. The van der Waals surface area contributed by atoms with Crippen LogP contribution in [0.1, 0.15) is 35.6 Å². The second-order valence-electron chi connectivity index (χ2n) is 10.8. The SMILES string of the molecule is [2H]c1c([2H])c([2H])c(-c2c([2H])c([2H])c(-c3nc(-c4c([2H])c([2H])c([2H])c5sc6c([2H])c([2H])c([2H])c([2H])c6c45)nc(-n4c5c([2H])c([2H])c([2H])c([2H])c5c5c6oc7c([2H])c([2H])c([2H])c([2H])c7c6c([2H])c([2H])c54)n3)c([2H])c2[2H])c([2H])c1[2H]. The van der Waals surface area contributed by atoms with E-state index in [4.69, 9.17) is 27.7 Å². The van der Waals surface area contributed by atoms with Gasteiger partial charge in [-0.3, -0.25) is 4.57 Å². The van der Waals surface area contributed by atoms with Gasteiger partial charge in [-0.1, -0.05) is 121 Å². The zero-order valence-corrected chi connectivity index (χ0v) is 25.9. The molecule has 11 rings (SSSR count). The second-order valence-corrected chi connectivity index (χ2v) is 11.9. The van der Waals surface area contributed by atoms with Crippen LogP contribution in [-0.2, 0) is 0 Å². The molecule has 0 radical (unpaired) electrons. The van der Waals surface area contributed by atoms with Crippen molar-refractivity contribution in [2.45, 2.75) is 0 Å². The Hall–Kier alpha value is -6.63. The highest BCUT2D eigenvalue weighted by atomic mass is 32.1. The van der Waals surface area contributed by atoms with Crippen molar-refractivity contribution in [3.63, 3.8) is 0 Å². The molecule has 4 aromatic heterocycles. The molecule has 51 heavy (non-hydrogen) atoms. The average Bonchev–Trinajstić information content (AvgIpc) is 4.14. The number of rotatable bonds is 4. The molecule has 0 amide bonds. The standard InChI is InChI=1S/C45H26N4OS/c1-2-11-27(12-3-1)28-21-23-29(24-22-28)43-46-44(34-16-10-20-39-40(34)33-15-6-9-19-38(33)51-39)48-45(47-43)49-35-17-7-4-14-32(35)41-36(49)26-25-31-30-13-5-8-18-37(30)50-42(31)41/h1-26H/i1D,2D,3D,4D,5D,6D,7D,8D,9D,10D,11D,12D,13D,14D,15D,16D,17D,18D,19D,20D,21D,22D,23D,24D,25D,26D. The van der Waals surface area contributed by atoms with E-state index in [9.17, 15) is 12.3 Å². The first-order valence-electron chi connectivity index (χ1n) is 27.8. The second kappa shape index (κ2) is 10.9. The van der Waals surface area contributed by atoms with Gasteiger partial charge >= 0.3 is 0 Å². The molecule has 0 aliphatic heterocycles. The maximum Gasteiger partial charge on any atom is 0.238 e. The molecule has 11 aromatic rings. The van der Waals surface area contributed by atoms with Crippen molar-refractivity contribution in [1.82, 2.24) is 19.5 Å². The first-order valence-corrected chi connectivity index (χ1v) is 15.6. The minimum absolute atomic E-state index is 0.125. The molecule has 238 valence electrons. The Morgan fingerprint density at radius 2 is 1.16 bits per heavy atom. The molecule has 7 aromatic carbocycles. The summed E-state index contributed by atoms with van der Waals surface area (Å²) < 4.78 is 237. The zero-order valence-electron chi connectivity index (χ0n) is 51.1. The van der Waals surface area contributed by atoms with Gasteiger partial charge in [0, 0.05) is 47.5 Å². The molecule has 0 fully saturated rings. The summed E-state index contributed by atoms with van der Waals surface area (Å²) in [6.07, 6.45) is 0. The number of nitrogens with zero attached hydrogens (tertiary/aromatic N) is 4. The van der Waals surface area contributed by atoms with E-state index in [-0.39, 0.29) is 36.3 Å². The van der Waals surface area contributed by atoms with Crippen LogP contribution < -0.4 is 0 Å². The summed E-state index contributed by atoms with van der Waals surface area (Å²) in [4.78, 5) is 13.7. The first kappa shape index (κ1) is 12.9. The van der Waals surface area contributed by atoms with E-state index >= 15 is 0 Å². The van der Waals surface area contributed by atoms with Crippen LogP contribution in [0, 0.1) is 0 Å². The van der Waals surface area contributed by atoms with E-state index in [0.717, 1.165) is 4.57 Å². The molecule has 0 bridgehead atoms. The van der Waals surface area contributed by atoms with Gasteiger partial charge in [-0.25, -0.2) is 4.98 Å². The third kappa shape index (κ3) is 4.30. The van der Waals surface area contributed by atoms with Crippen LogP contribution in [-0.4, -0.2) is 19.5 Å². The van der Waals surface area contributed by atoms with Crippen molar-refractivity contribution in [2.75, 3.05) is 0 Å². The normalized spacial score (nSPS) is 19.1. The van der Waals surface area contributed by atoms with Crippen LogP contribution >= 0.6 is 11.3 Å². The van der Waals surface area contributed by atoms with E-state index in [1.165, 1.54) is 0 Å². The Balaban J connectivity index is 1.38. The lowest BCUT2D eigenvalue weighted by atomic mass is 10.0. The third-order valence-corrected chi connectivity index (χ3v) is 9.08. The Morgan fingerprint density at radius 3 is 2.04 bits per heavy atom. The highest BCUT2D eigenvalue weighted by molar-refractivity contribution is 7.25. The number of benzene rings is 7. The summed E-state index contributed by atoms with van der Waals surface area (Å²) in [5.41, 5.74) is -4.81. The largest absolute Gasteiger partial charge is 0.455 e. The van der Waals surface area contributed by atoms with Gasteiger partial charge in [-0.2, -0.15) is 9.97 Å². The molecule has 0 N–H and O–H groups in total. The van der Waals surface area contributed by atoms with E-state index in [1.807, 2.05) is 0 Å². The Bertz CT molecular complexity index is 4610. The third-order valence-electron chi connectivity index (χ3n) is 8.06. The minimum atomic E-state index is -1.01. The van der Waals surface area contributed by atoms with Crippen LogP contribution in [0.3, 0.4) is 0 Å². The van der Waals surface area contributed by atoms with Crippen LogP contribution in [0.25, 0.3) is 104 Å². The highest BCUT2D eigenvalue weighted by Gasteiger charge is 2.22. The van der Waals surface area contributed by atoms with Crippen molar-refractivity contribution in [2.24, 2.45) is 0 Å². The van der Waals surface area contributed by atoms with Gasteiger partial charge in [0.25, 0.3) is 0 Å². The molecule has 0 aliphatic rings. The topological polar surface area (TPSA) is 56.7 Å². The number of para-hydroxylation sites is 2. The lowest BCUT2D eigenvalue weighted by Crippen LogP contribution is -2.06. The van der Waals surface area contributed by atoms with Crippen molar-refractivity contribution in [1.29, 1.82) is 0 Å². The fourth-order valence-electron chi connectivity index (χ4n) is 5.91. The summed E-state index contributed by atoms with van der Waals surface area (Å²) >= 11 is 0.673. The maximum absolute atomic E-state index is 9.61. The smallest absolute Gasteiger partial charge is 0.238 e. The fourth-order valence-corrected chi connectivity index (χ4v) is 6.88. The maximum atomic E-state index is 9.61. The van der Waals surface area contributed by atoms with Gasteiger partial charge in [0.05, 0.1) is 52.1 Å². The summed E-state index contributed by atoms with van der Waals surface area (Å²) in [7, 11) is 0. The van der Waals surface area contributed by atoms with Crippen LogP contribution in [0.15, 0.2) is 162 Å². The van der Waals surface area contributed by atoms with Crippen molar-refractivity contribution >= 4 is 75.3 Å². The quantitative estimate of drug-likeness (QED) is 0.184. The van der Waals surface area contributed by atoms with Gasteiger partial charge < -0.3 is 4.42 Å². The fraction of sp³-hybridized carbons (Fsp3) is 0. The lowest BCUT2D eigenvalue weighted by Gasteiger charge is -2.12. The molecule has 0 spiro atoms. The van der Waals surface area contributed by atoms with E-state index in [0.29, 0.717) is 11.3 Å². The Kier molecular flexibility index (Phi) is 2.77. The Morgan fingerprint density at radius 1 is 0.471 bits per heavy atom. The molecule has 0 saturated carbocycles. The van der Waals surface area contributed by atoms with Crippen LogP contribution in [0.2, 0.25) is 0 Å². The summed E-state index contributed by atoms with van der Waals surface area (Å²) in [6.45, 7) is 0. The number of hydrogen-bond acceptors (Lipinski definition) is 5. The van der Waals surface area contributed by atoms with Crippen LogP contribution in [0.5, 0.6) is 0 Å². The molecule has 6 heteroatoms. The predicted octanol–water partition coefficient (Wildman–Crippen LogP) is 12.2. The van der Waals surface area contributed by atoms with Gasteiger partial charge in [0.15, 0.2) is 11.6 Å². The number of furan rings is 1. The zero-order chi connectivity index (χ0) is 56.1. The van der Waals surface area contributed by atoms with E-state index in [2.05, 4.69) is 15.0 Å². The summed E-state index contributed by atoms with van der Waals surface area (Å²) in [5, 5.41) is -2.05. The van der Waals surface area contributed by atoms with Gasteiger partial charge in [0.2, 0.25) is 5.95 Å². The molecule has 0 atom stereocenters. The molecule has 4 heterocycles. The number of fused-ring (bicyclic) bond motifs is 10. The molecule has 0 saturated heterocycles. The van der Waals surface area contributed by atoms with Gasteiger partial charge in [-0.15, -0.1) is 11.3 Å². The molecular weight excluding hydrogens is 645 g/mol. The van der Waals surface area contributed by atoms with E-state index < -0.39 is 225 Å². The average molecular weight is 697 g/mol. The minimum Gasteiger partial charge on any atom is -0.455 e. The molecule has 0 unspecified atom stereocenters.